The molecule has 0 bridgehead atoms. The van der Waals surface area contributed by atoms with Crippen LogP contribution in [-0.2, 0) is 20.9 Å². The molecular weight excluding hydrogens is 322 g/mol. The van der Waals surface area contributed by atoms with Gasteiger partial charge in [-0.15, -0.1) is 0 Å². The minimum atomic E-state index is -0.943. The number of nitrogens with zero attached hydrogens (tertiary/aromatic N) is 2. The molecule has 1 aromatic carbocycles. The number of nitrogens with one attached hydrogen (secondary N) is 1. The van der Waals surface area contributed by atoms with Gasteiger partial charge in [-0.3, -0.25) is 14.3 Å². The Bertz CT molecular complexity index is 853. The lowest BCUT2D eigenvalue weighted by Gasteiger charge is -2.27. The molecule has 0 spiro atoms. The highest BCUT2D eigenvalue weighted by Gasteiger charge is 2.43. The molecule has 7 heteroatoms. The van der Waals surface area contributed by atoms with Gasteiger partial charge in [-0.1, -0.05) is 25.0 Å². The summed E-state index contributed by atoms with van der Waals surface area (Å²) in [7, 11) is 0. The number of esters is 1. The van der Waals surface area contributed by atoms with E-state index in [-0.39, 0.29) is 30.5 Å². The standard InChI is InChI=1S/C18H21N3O4/c1-2-25-17(24)18(9-5-6-10-18)20-16(23)12-21-14-8-4-3-7-13(14)15(22)11-19-21/h3-4,7-8,11H,2,5-6,9-10,12H2,1H3,(H,20,23). The fourth-order valence-corrected chi connectivity index (χ4v) is 3.36. The van der Waals surface area contributed by atoms with E-state index < -0.39 is 5.54 Å². The highest BCUT2D eigenvalue weighted by molar-refractivity contribution is 5.89. The van der Waals surface area contributed by atoms with Gasteiger partial charge in [-0.2, -0.15) is 5.10 Å². The van der Waals surface area contributed by atoms with Gasteiger partial charge in [-0.05, 0) is 31.9 Å². The van der Waals surface area contributed by atoms with Crippen molar-refractivity contribution in [3.63, 3.8) is 0 Å². The van der Waals surface area contributed by atoms with Gasteiger partial charge in [0.05, 0.1) is 18.3 Å². The Hall–Kier alpha value is -2.70. The Morgan fingerprint density at radius 1 is 1.28 bits per heavy atom. The third-order valence-corrected chi connectivity index (χ3v) is 4.56. The third kappa shape index (κ3) is 3.40. The van der Waals surface area contributed by atoms with E-state index in [0.717, 1.165) is 12.8 Å². The first-order valence-corrected chi connectivity index (χ1v) is 8.49. The summed E-state index contributed by atoms with van der Waals surface area (Å²) in [6.45, 7) is 1.96. The van der Waals surface area contributed by atoms with Crippen LogP contribution in [0.5, 0.6) is 0 Å². The summed E-state index contributed by atoms with van der Waals surface area (Å²) in [4.78, 5) is 36.7. The molecule has 7 nitrogen and oxygen atoms in total. The second kappa shape index (κ2) is 7.04. The smallest absolute Gasteiger partial charge is 0.331 e. The van der Waals surface area contributed by atoms with Crippen molar-refractivity contribution < 1.29 is 14.3 Å². The van der Waals surface area contributed by atoms with E-state index >= 15 is 0 Å². The molecule has 1 N–H and O–H groups in total. The first kappa shape index (κ1) is 17.1. The van der Waals surface area contributed by atoms with Crippen LogP contribution in [0.3, 0.4) is 0 Å². The number of benzene rings is 1. The number of aromatic nitrogens is 2. The van der Waals surface area contributed by atoms with Gasteiger partial charge in [0.25, 0.3) is 0 Å². The fourth-order valence-electron chi connectivity index (χ4n) is 3.36. The number of para-hydroxylation sites is 1. The Kier molecular flexibility index (Phi) is 4.83. The number of carbonyl (C=O) groups is 2. The van der Waals surface area contributed by atoms with Crippen molar-refractivity contribution >= 4 is 22.8 Å². The first-order chi connectivity index (χ1) is 12.1. The Labute approximate surface area is 145 Å². The van der Waals surface area contributed by atoms with Crippen molar-refractivity contribution in [2.24, 2.45) is 0 Å². The minimum absolute atomic E-state index is 0.0675. The average molecular weight is 343 g/mol. The van der Waals surface area contributed by atoms with E-state index in [0.29, 0.717) is 23.7 Å². The average Bonchev–Trinajstić information content (AvgIpc) is 3.07. The molecule has 1 fully saturated rings. The summed E-state index contributed by atoms with van der Waals surface area (Å²) < 4.78 is 6.62. The maximum atomic E-state index is 12.6. The van der Waals surface area contributed by atoms with E-state index in [1.54, 1.807) is 31.2 Å². The molecule has 0 saturated heterocycles. The maximum Gasteiger partial charge on any atom is 0.331 e. The lowest BCUT2D eigenvalue weighted by Crippen LogP contribution is -2.54. The SMILES string of the molecule is CCOC(=O)C1(NC(=O)Cn2ncc(=O)c3ccccc32)CCCC1. The zero-order valence-electron chi connectivity index (χ0n) is 14.2. The molecule has 1 aliphatic rings. The van der Waals surface area contributed by atoms with Gasteiger partial charge >= 0.3 is 5.97 Å². The van der Waals surface area contributed by atoms with E-state index in [9.17, 15) is 14.4 Å². The number of ether oxygens (including phenoxy) is 1. The lowest BCUT2D eigenvalue weighted by atomic mass is 9.97. The summed E-state index contributed by atoms with van der Waals surface area (Å²) in [6.07, 6.45) is 4.11. The second-order valence-electron chi connectivity index (χ2n) is 6.24. The summed E-state index contributed by atoms with van der Waals surface area (Å²) in [5.74, 6) is -0.699. The van der Waals surface area contributed by atoms with Gasteiger partial charge < -0.3 is 10.1 Å². The molecule has 0 aliphatic heterocycles. The summed E-state index contributed by atoms with van der Waals surface area (Å²) in [6, 6.07) is 7.00. The predicted octanol–water partition coefficient (Wildman–Crippen LogP) is 1.39. The van der Waals surface area contributed by atoms with Crippen molar-refractivity contribution in [3.8, 4) is 0 Å². The molecule has 0 radical (unpaired) electrons. The quantitative estimate of drug-likeness (QED) is 0.829. The molecule has 1 amide bonds. The molecule has 1 aliphatic carbocycles. The van der Waals surface area contributed by atoms with Crippen LogP contribution in [-0.4, -0.2) is 33.8 Å². The molecule has 1 saturated carbocycles. The third-order valence-electron chi connectivity index (χ3n) is 4.56. The minimum Gasteiger partial charge on any atom is -0.464 e. The molecule has 3 rings (SSSR count). The molecule has 132 valence electrons. The van der Waals surface area contributed by atoms with Gasteiger partial charge in [-0.25, -0.2) is 4.79 Å². The molecule has 2 aromatic rings. The van der Waals surface area contributed by atoms with Gasteiger partial charge in [0.15, 0.2) is 0 Å². The van der Waals surface area contributed by atoms with Gasteiger partial charge in [0.1, 0.15) is 12.1 Å². The number of hydrogen-bond donors (Lipinski definition) is 1. The first-order valence-electron chi connectivity index (χ1n) is 8.49. The normalized spacial score (nSPS) is 15.9. The highest BCUT2D eigenvalue weighted by Crippen LogP contribution is 2.31. The Morgan fingerprint density at radius 2 is 2.00 bits per heavy atom. The van der Waals surface area contributed by atoms with Gasteiger partial charge in [0.2, 0.25) is 11.3 Å². The van der Waals surface area contributed by atoms with E-state index in [4.69, 9.17) is 4.74 Å². The van der Waals surface area contributed by atoms with Crippen LogP contribution in [0, 0.1) is 0 Å². The van der Waals surface area contributed by atoms with Crippen LogP contribution >= 0.6 is 0 Å². The van der Waals surface area contributed by atoms with E-state index in [1.807, 2.05) is 0 Å². The summed E-state index contributed by atoms with van der Waals surface area (Å²) in [5.41, 5.74) is -0.546. The van der Waals surface area contributed by atoms with Crippen molar-refractivity contribution in [1.29, 1.82) is 0 Å². The summed E-state index contributed by atoms with van der Waals surface area (Å²) >= 11 is 0. The van der Waals surface area contributed by atoms with Crippen LogP contribution in [0.15, 0.2) is 35.3 Å². The number of hydrogen-bond acceptors (Lipinski definition) is 5. The zero-order chi connectivity index (χ0) is 17.9. The maximum absolute atomic E-state index is 12.6. The van der Waals surface area contributed by atoms with Crippen LogP contribution in [0.25, 0.3) is 10.9 Å². The zero-order valence-corrected chi connectivity index (χ0v) is 14.2. The lowest BCUT2D eigenvalue weighted by molar-refractivity contribution is -0.153. The largest absolute Gasteiger partial charge is 0.464 e. The van der Waals surface area contributed by atoms with Crippen LogP contribution < -0.4 is 10.7 Å². The molecular formula is C18H21N3O4. The van der Waals surface area contributed by atoms with Gasteiger partial charge in [0, 0.05) is 5.39 Å². The second-order valence-corrected chi connectivity index (χ2v) is 6.24. The Balaban J connectivity index is 1.82. The van der Waals surface area contributed by atoms with Crippen LogP contribution in [0.4, 0.5) is 0 Å². The number of amides is 1. The van der Waals surface area contributed by atoms with Crippen LogP contribution in [0.2, 0.25) is 0 Å². The predicted molar refractivity (Wildman–Crippen MR) is 92.0 cm³/mol. The van der Waals surface area contributed by atoms with Crippen LogP contribution in [0.1, 0.15) is 32.6 Å². The van der Waals surface area contributed by atoms with Crippen molar-refractivity contribution in [3.05, 3.63) is 40.7 Å². The topological polar surface area (TPSA) is 90.3 Å². The Morgan fingerprint density at radius 3 is 2.72 bits per heavy atom. The molecule has 25 heavy (non-hydrogen) atoms. The van der Waals surface area contributed by atoms with Crippen molar-refractivity contribution in [2.75, 3.05) is 6.61 Å². The molecule has 0 unspecified atom stereocenters. The monoisotopic (exact) mass is 343 g/mol. The van der Waals surface area contributed by atoms with E-state index in [1.165, 1.54) is 10.9 Å². The highest BCUT2D eigenvalue weighted by atomic mass is 16.5. The molecule has 0 atom stereocenters. The number of fused-ring (bicyclic) bond motifs is 1. The van der Waals surface area contributed by atoms with Crippen molar-refractivity contribution in [1.82, 2.24) is 15.1 Å². The molecule has 1 aromatic heterocycles. The number of rotatable bonds is 5. The number of carbonyl (C=O) groups excluding carboxylic acids is 2. The summed E-state index contributed by atoms with van der Waals surface area (Å²) in [5, 5.41) is 7.41. The fraction of sp³-hybridized carbons (Fsp3) is 0.444. The van der Waals surface area contributed by atoms with Crippen molar-refractivity contribution in [2.45, 2.75) is 44.7 Å². The molecule has 1 heterocycles. The van der Waals surface area contributed by atoms with E-state index in [2.05, 4.69) is 10.4 Å².